The van der Waals surface area contributed by atoms with E-state index in [-0.39, 0.29) is 0 Å². The highest BCUT2D eigenvalue weighted by atomic mass is 32.1. The second-order valence-electron chi connectivity index (χ2n) is 4.84. The van der Waals surface area contributed by atoms with Gasteiger partial charge in [-0.25, -0.2) is 0 Å². The standard InChI is InChI=1S/C14H20N2OS/c1-10-8-12(4-5-13(10)14(15)18)16-6-7-17-9-11-2-3-11/h4-5,8,11,16H,2-3,6-7,9H2,1H3,(H2,15,18). The van der Waals surface area contributed by atoms with Gasteiger partial charge in [-0.2, -0.15) is 0 Å². The van der Waals surface area contributed by atoms with Crippen LogP contribution in [0.25, 0.3) is 0 Å². The monoisotopic (exact) mass is 264 g/mol. The van der Waals surface area contributed by atoms with Crippen molar-refractivity contribution in [1.82, 2.24) is 0 Å². The van der Waals surface area contributed by atoms with Gasteiger partial charge in [0.2, 0.25) is 0 Å². The molecular weight excluding hydrogens is 244 g/mol. The van der Waals surface area contributed by atoms with E-state index in [2.05, 4.69) is 11.4 Å². The zero-order valence-corrected chi connectivity index (χ0v) is 11.6. The van der Waals surface area contributed by atoms with Crippen LogP contribution in [0.1, 0.15) is 24.0 Å². The molecule has 0 radical (unpaired) electrons. The summed E-state index contributed by atoms with van der Waals surface area (Å²) < 4.78 is 5.57. The number of nitrogens with two attached hydrogens (primary N) is 1. The predicted octanol–water partition coefficient (Wildman–Crippen LogP) is 2.47. The van der Waals surface area contributed by atoms with E-state index in [9.17, 15) is 0 Å². The number of ether oxygens (including phenoxy) is 1. The minimum atomic E-state index is 0.451. The lowest BCUT2D eigenvalue weighted by Gasteiger charge is -2.10. The van der Waals surface area contributed by atoms with Crippen molar-refractivity contribution in [3.8, 4) is 0 Å². The molecule has 4 heteroatoms. The molecule has 2 rings (SSSR count). The van der Waals surface area contributed by atoms with E-state index in [0.717, 1.165) is 42.5 Å². The van der Waals surface area contributed by atoms with Crippen LogP contribution in [0.4, 0.5) is 5.69 Å². The van der Waals surface area contributed by atoms with Crippen molar-refractivity contribution in [2.24, 2.45) is 11.7 Å². The molecule has 0 atom stereocenters. The van der Waals surface area contributed by atoms with Crippen molar-refractivity contribution in [3.63, 3.8) is 0 Å². The summed E-state index contributed by atoms with van der Waals surface area (Å²) >= 11 is 4.98. The Morgan fingerprint density at radius 2 is 2.28 bits per heavy atom. The van der Waals surface area contributed by atoms with Crippen LogP contribution in [-0.2, 0) is 4.74 Å². The number of anilines is 1. The van der Waals surface area contributed by atoms with Gasteiger partial charge in [-0.1, -0.05) is 12.2 Å². The topological polar surface area (TPSA) is 47.3 Å². The molecule has 3 N–H and O–H groups in total. The Kier molecular flexibility index (Phi) is 4.55. The third kappa shape index (κ3) is 3.96. The van der Waals surface area contributed by atoms with E-state index in [0.29, 0.717) is 4.99 Å². The fraction of sp³-hybridized carbons (Fsp3) is 0.500. The fourth-order valence-corrected chi connectivity index (χ4v) is 2.08. The number of hydrogen-bond donors (Lipinski definition) is 2. The molecule has 1 saturated carbocycles. The molecule has 1 aromatic rings. The zero-order chi connectivity index (χ0) is 13.0. The molecular formula is C14H20N2OS. The van der Waals surface area contributed by atoms with Crippen LogP contribution in [0.2, 0.25) is 0 Å². The van der Waals surface area contributed by atoms with Crippen molar-refractivity contribution in [2.75, 3.05) is 25.1 Å². The summed E-state index contributed by atoms with van der Waals surface area (Å²) in [6, 6.07) is 6.03. The summed E-state index contributed by atoms with van der Waals surface area (Å²) in [5, 5.41) is 3.34. The van der Waals surface area contributed by atoms with Crippen LogP contribution < -0.4 is 11.1 Å². The van der Waals surface area contributed by atoms with E-state index in [1.165, 1.54) is 12.8 Å². The summed E-state index contributed by atoms with van der Waals surface area (Å²) in [6.07, 6.45) is 2.68. The maximum Gasteiger partial charge on any atom is 0.104 e. The Morgan fingerprint density at radius 3 is 2.89 bits per heavy atom. The number of nitrogens with one attached hydrogen (secondary N) is 1. The lowest BCUT2D eigenvalue weighted by Crippen LogP contribution is -2.13. The summed E-state index contributed by atoms with van der Waals surface area (Å²) in [7, 11) is 0. The van der Waals surface area contributed by atoms with E-state index in [4.69, 9.17) is 22.7 Å². The maximum absolute atomic E-state index is 5.63. The van der Waals surface area contributed by atoms with Crippen LogP contribution in [0.3, 0.4) is 0 Å². The zero-order valence-electron chi connectivity index (χ0n) is 10.7. The molecule has 98 valence electrons. The van der Waals surface area contributed by atoms with E-state index >= 15 is 0 Å². The quantitative estimate of drug-likeness (QED) is 0.587. The van der Waals surface area contributed by atoms with E-state index in [1.807, 2.05) is 19.1 Å². The van der Waals surface area contributed by atoms with Gasteiger partial charge in [0.25, 0.3) is 0 Å². The van der Waals surface area contributed by atoms with Crippen LogP contribution in [0, 0.1) is 12.8 Å². The van der Waals surface area contributed by atoms with Gasteiger partial charge in [-0.3, -0.25) is 0 Å². The highest BCUT2D eigenvalue weighted by molar-refractivity contribution is 7.80. The Bertz CT molecular complexity index is 430. The summed E-state index contributed by atoms with van der Waals surface area (Å²) in [6.45, 7) is 4.52. The normalized spacial score (nSPS) is 14.5. The minimum absolute atomic E-state index is 0.451. The average molecular weight is 264 g/mol. The second kappa shape index (κ2) is 6.16. The SMILES string of the molecule is Cc1cc(NCCOCC2CC2)ccc1C(N)=S. The fourth-order valence-electron chi connectivity index (χ4n) is 1.85. The first-order valence-corrected chi connectivity index (χ1v) is 6.79. The summed E-state index contributed by atoms with van der Waals surface area (Å²) in [5.74, 6) is 0.831. The molecule has 18 heavy (non-hydrogen) atoms. The van der Waals surface area contributed by atoms with Gasteiger partial charge in [0, 0.05) is 24.4 Å². The van der Waals surface area contributed by atoms with Crippen molar-refractivity contribution >= 4 is 22.9 Å². The lowest BCUT2D eigenvalue weighted by atomic mass is 10.1. The molecule has 1 aromatic carbocycles. The Balaban J connectivity index is 1.74. The lowest BCUT2D eigenvalue weighted by molar-refractivity contribution is 0.134. The van der Waals surface area contributed by atoms with Crippen molar-refractivity contribution in [3.05, 3.63) is 29.3 Å². The first-order chi connectivity index (χ1) is 8.66. The molecule has 0 aliphatic heterocycles. The molecule has 1 aliphatic rings. The Hall–Kier alpha value is -1.13. The maximum atomic E-state index is 5.63. The molecule has 0 spiro atoms. The van der Waals surface area contributed by atoms with Crippen molar-refractivity contribution in [2.45, 2.75) is 19.8 Å². The minimum Gasteiger partial charge on any atom is -0.389 e. The molecule has 0 saturated heterocycles. The first-order valence-electron chi connectivity index (χ1n) is 6.39. The number of hydrogen-bond acceptors (Lipinski definition) is 3. The van der Waals surface area contributed by atoms with Crippen LogP contribution in [0.5, 0.6) is 0 Å². The van der Waals surface area contributed by atoms with Gasteiger partial charge in [-0.05, 0) is 49.4 Å². The van der Waals surface area contributed by atoms with E-state index in [1.54, 1.807) is 0 Å². The van der Waals surface area contributed by atoms with Gasteiger partial charge in [0.05, 0.1) is 6.61 Å². The predicted molar refractivity (Wildman–Crippen MR) is 79.1 cm³/mol. The Labute approximate surface area is 114 Å². The number of thiocarbonyl (C=S) groups is 1. The van der Waals surface area contributed by atoms with Gasteiger partial charge in [0.15, 0.2) is 0 Å². The molecule has 1 aliphatic carbocycles. The highest BCUT2D eigenvalue weighted by Gasteiger charge is 2.20. The van der Waals surface area contributed by atoms with Crippen LogP contribution in [0.15, 0.2) is 18.2 Å². The molecule has 0 bridgehead atoms. The van der Waals surface area contributed by atoms with Crippen molar-refractivity contribution in [1.29, 1.82) is 0 Å². The number of rotatable bonds is 7. The summed E-state index contributed by atoms with van der Waals surface area (Å²) in [5.41, 5.74) is 8.76. The Morgan fingerprint density at radius 1 is 1.50 bits per heavy atom. The van der Waals surface area contributed by atoms with Gasteiger partial charge in [0.1, 0.15) is 4.99 Å². The number of aryl methyl sites for hydroxylation is 1. The third-order valence-corrected chi connectivity index (χ3v) is 3.34. The van der Waals surface area contributed by atoms with Crippen LogP contribution >= 0.6 is 12.2 Å². The highest BCUT2D eigenvalue weighted by Crippen LogP contribution is 2.28. The number of benzene rings is 1. The van der Waals surface area contributed by atoms with E-state index < -0.39 is 0 Å². The molecule has 0 aromatic heterocycles. The molecule has 0 unspecified atom stereocenters. The molecule has 0 heterocycles. The molecule has 1 fully saturated rings. The van der Waals surface area contributed by atoms with Gasteiger partial charge < -0.3 is 15.8 Å². The van der Waals surface area contributed by atoms with Gasteiger partial charge in [-0.15, -0.1) is 0 Å². The second-order valence-corrected chi connectivity index (χ2v) is 5.28. The average Bonchev–Trinajstić information content (AvgIpc) is 3.12. The molecule has 0 amide bonds. The van der Waals surface area contributed by atoms with Crippen LogP contribution in [-0.4, -0.2) is 24.7 Å². The molecule has 3 nitrogen and oxygen atoms in total. The van der Waals surface area contributed by atoms with Crippen molar-refractivity contribution < 1.29 is 4.74 Å². The third-order valence-electron chi connectivity index (χ3n) is 3.12. The first kappa shape index (κ1) is 13.3. The largest absolute Gasteiger partial charge is 0.389 e. The summed E-state index contributed by atoms with van der Waals surface area (Å²) in [4.78, 5) is 0.451. The van der Waals surface area contributed by atoms with Gasteiger partial charge >= 0.3 is 0 Å². The smallest absolute Gasteiger partial charge is 0.104 e.